The van der Waals surface area contributed by atoms with Gasteiger partial charge in [0.05, 0.1) is 22.3 Å². The van der Waals surface area contributed by atoms with Gasteiger partial charge in [0.25, 0.3) is 0 Å². The van der Waals surface area contributed by atoms with Crippen LogP contribution in [0.1, 0.15) is 49.4 Å². The predicted octanol–water partition coefficient (Wildman–Crippen LogP) is 4.75. The quantitative estimate of drug-likeness (QED) is 0.436. The fourth-order valence-corrected chi connectivity index (χ4v) is 7.04. The van der Waals surface area contributed by atoms with Crippen molar-refractivity contribution in [1.29, 1.82) is 5.26 Å². The van der Waals surface area contributed by atoms with Crippen molar-refractivity contribution in [2.45, 2.75) is 45.3 Å². The lowest BCUT2D eigenvalue weighted by molar-refractivity contribution is 0.193. The van der Waals surface area contributed by atoms with Gasteiger partial charge in [0.1, 0.15) is 16.8 Å². The Balaban J connectivity index is 1.35. The zero-order chi connectivity index (χ0) is 25.3. The molecule has 0 amide bonds. The van der Waals surface area contributed by atoms with Crippen molar-refractivity contribution in [2.75, 3.05) is 25.4 Å². The van der Waals surface area contributed by atoms with Crippen LogP contribution >= 0.6 is 11.3 Å². The number of benzene rings is 2. The number of thiazole rings is 1. The molecule has 2 aliphatic rings. The van der Waals surface area contributed by atoms with Gasteiger partial charge in [-0.1, -0.05) is 18.2 Å². The zero-order valence-electron chi connectivity index (χ0n) is 20.5. The maximum atomic E-state index is 12.7. The van der Waals surface area contributed by atoms with Gasteiger partial charge < -0.3 is 9.64 Å². The molecule has 188 valence electrons. The lowest BCUT2D eigenvalue weighted by atomic mass is 10.0. The molecule has 1 fully saturated rings. The number of nitrogens with zero attached hydrogens (tertiary/aromatic N) is 3. The van der Waals surface area contributed by atoms with Crippen molar-refractivity contribution in [3.8, 4) is 32.8 Å². The number of fused-ring (bicyclic) bond motifs is 1. The third kappa shape index (κ3) is 5.32. The Morgan fingerprint density at radius 2 is 2.11 bits per heavy atom. The van der Waals surface area contributed by atoms with Crippen LogP contribution in [0, 0.1) is 11.3 Å². The number of nitrogens with one attached hydrogen (secondary N) is 1. The van der Waals surface area contributed by atoms with Crippen LogP contribution < -0.4 is 9.46 Å². The first-order valence-electron chi connectivity index (χ1n) is 12.3. The van der Waals surface area contributed by atoms with Crippen molar-refractivity contribution < 1.29 is 13.2 Å². The van der Waals surface area contributed by atoms with Crippen LogP contribution in [0.2, 0.25) is 0 Å². The van der Waals surface area contributed by atoms with E-state index < -0.39 is 10.0 Å². The summed E-state index contributed by atoms with van der Waals surface area (Å²) in [6.07, 6.45) is 4.58. The van der Waals surface area contributed by atoms with Crippen LogP contribution in [0.15, 0.2) is 42.6 Å². The van der Waals surface area contributed by atoms with Crippen LogP contribution in [0.4, 0.5) is 0 Å². The number of rotatable bonds is 9. The summed E-state index contributed by atoms with van der Waals surface area (Å²) in [5, 5.41) is 10.4. The smallest absolute Gasteiger partial charge is 0.213 e. The minimum atomic E-state index is -3.34. The van der Waals surface area contributed by atoms with Gasteiger partial charge in [-0.3, -0.25) is 0 Å². The van der Waals surface area contributed by atoms with E-state index in [1.54, 1.807) is 11.3 Å². The normalized spacial score (nSPS) is 17.6. The first kappa shape index (κ1) is 24.9. The van der Waals surface area contributed by atoms with Crippen LogP contribution in [0.25, 0.3) is 21.0 Å². The van der Waals surface area contributed by atoms with E-state index in [9.17, 15) is 13.7 Å². The third-order valence-electron chi connectivity index (χ3n) is 6.70. The average molecular weight is 523 g/mol. The molecular weight excluding hydrogens is 492 g/mol. The maximum Gasteiger partial charge on any atom is 0.213 e. The summed E-state index contributed by atoms with van der Waals surface area (Å²) in [5.41, 5.74) is 4.69. The van der Waals surface area contributed by atoms with Gasteiger partial charge in [0.15, 0.2) is 0 Å². The first-order valence-corrected chi connectivity index (χ1v) is 14.8. The molecule has 1 atom stereocenters. The molecule has 0 saturated carbocycles. The fraction of sp³-hybridized carbons (Fsp3) is 0.407. The molecule has 2 heterocycles. The molecule has 0 spiro atoms. The van der Waals surface area contributed by atoms with E-state index in [4.69, 9.17) is 4.74 Å². The number of likely N-dealkylation sites (tertiary alicyclic amines) is 1. The zero-order valence-corrected chi connectivity index (χ0v) is 22.2. The summed E-state index contributed by atoms with van der Waals surface area (Å²) in [7, 11) is -3.34. The molecular formula is C27H30N4O3S2. The number of aromatic nitrogens is 1. The van der Waals surface area contributed by atoms with E-state index in [1.165, 1.54) is 5.56 Å². The molecule has 1 N–H and O–H groups in total. The second-order valence-electron chi connectivity index (χ2n) is 9.62. The van der Waals surface area contributed by atoms with Crippen LogP contribution in [0.3, 0.4) is 0 Å². The number of nitriles is 1. The molecule has 5 rings (SSSR count). The van der Waals surface area contributed by atoms with Crippen molar-refractivity contribution in [3.63, 3.8) is 0 Å². The van der Waals surface area contributed by atoms with E-state index in [1.807, 2.05) is 50.4 Å². The Kier molecular flexibility index (Phi) is 7.13. The Morgan fingerprint density at radius 1 is 1.28 bits per heavy atom. The van der Waals surface area contributed by atoms with Gasteiger partial charge in [-0.15, -0.1) is 11.3 Å². The van der Waals surface area contributed by atoms with E-state index in [2.05, 4.69) is 26.7 Å². The summed E-state index contributed by atoms with van der Waals surface area (Å²) in [5.74, 6) is 0.717. The highest BCUT2D eigenvalue weighted by atomic mass is 32.2. The van der Waals surface area contributed by atoms with Crippen LogP contribution in [-0.4, -0.2) is 49.8 Å². The van der Waals surface area contributed by atoms with Gasteiger partial charge in [0.2, 0.25) is 10.0 Å². The Morgan fingerprint density at radius 3 is 2.83 bits per heavy atom. The van der Waals surface area contributed by atoms with Crippen molar-refractivity contribution >= 4 is 21.4 Å². The highest BCUT2D eigenvalue weighted by Crippen LogP contribution is 2.41. The molecule has 1 aromatic heterocycles. The van der Waals surface area contributed by atoms with Crippen molar-refractivity contribution in [3.05, 3.63) is 59.3 Å². The monoisotopic (exact) mass is 522 g/mol. The number of hydrogen-bond donors (Lipinski definition) is 1. The van der Waals surface area contributed by atoms with Crippen molar-refractivity contribution in [1.82, 2.24) is 14.6 Å². The van der Waals surface area contributed by atoms with E-state index in [0.29, 0.717) is 17.9 Å². The standard InChI is InChI=1S/C27H30N4O3S2/c1-18(2)34-25-10-7-19(15-20(25)16-28)27-29-17-26(35-27)23-6-3-5-22-21(23)8-9-24(22)30-36(32,33)14-13-31-11-4-12-31/h3,5-7,10,15,17-18,24,30H,4,8-9,11-14H2,1-2H3/t24-/m0/s1. The van der Waals surface area contributed by atoms with E-state index in [0.717, 1.165) is 58.9 Å². The van der Waals surface area contributed by atoms with E-state index in [-0.39, 0.29) is 17.9 Å². The molecule has 0 unspecified atom stereocenters. The van der Waals surface area contributed by atoms with Gasteiger partial charge in [-0.2, -0.15) is 5.26 Å². The SMILES string of the molecule is CC(C)Oc1ccc(-c2ncc(-c3cccc4c3CC[C@@H]4NS(=O)(=O)CCN3CCC3)s2)cc1C#N. The molecule has 3 aromatic rings. The van der Waals surface area contributed by atoms with Crippen LogP contribution in [0.5, 0.6) is 5.75 Å². The molecule has 1 saturated heterocycles. The van der Waals surface area contributed by atoms with Crippen LogP contribution in [-0.2, 0) is 16.4 Å². The Labute approximate surface area is 216 Å². The summed E-state index contributed by atoms with van der Waals surface area (Å²) < 4.78 is 34.1. The minimum absolute atomic E-state index is 0.0107. The summed E-state index contributed by atoms with van der Waals surface area (Å²) in [4.78, 5) is 7.84. The molecule has 1 aliphatic carbocycles. The summed E-state index contributed by atoms with van der Waals surface area (Å²) >= 11 is 1.57. The minimum Gasteiger partial charge on any atom is -0.490 e. The highest BCUT2D eigenvalue weighted by Gasteiger charge is 2.29. The summed E-state index contributed by atoms with van der Waals surface area (Å²) in [6, 6.07) is 13.7. The third-order valence-corrected chi connectivity index (χ3v) is 9.14. The Hall–Kier alpha value is -2.77. The van der Waals surface area contributed by atoms with Gasteiger partial charge in [-0.25, -0.2) is 18.1 Å². The largest absolute Gasteiger partial charge is 0.490 e. The average Bonchev–Trinajstić information content (AvgIpc) is 3.45. The van der Waals surface area contributed by atoms with Gasteiger partial charge >= 0.3 is 0 Å². The molecule has 0 bridgehead atoms. The predicted molar refractivity (Wildman–Crippen MR) is 143 cm³/mol. The first-order chi connectivity index (χ1) is 17.3. The molecule has 36 heavy (non-hydrogen) atoms. The number of sulfonamides is 1. The number of hydrogen-bond acceptors (Lipinski definition) is 7. The molecule has 1 aliphatic heterocycles. The summed E-state index contributed by atoms with van der Waals surface area (Å²) in [6.45, 7) is 6.45. The van der Waals surface area contributed by atoms with Gasteiger partial charge in [-0.05, 0) is 81.1 Å². The highest BCUT2D eigenvalue weighted by molar-refractivity contribution is 7.89. The molecule has 2 aromatic carbocycles. The topological polar surface area (TPSA) is 95.3 Å². The maximum absolute atomic E-state index is 12.7. The van der Waals surface area contributed by atoms with Crippen molar-refractivity contribution in [2.24, 2.45) is 0 Å². The second kappa shape index (κ2) is 10.3. The fourth-order valence-electron chi connectivity index (χ4n) is 4.78. The molecule has 9 heteroatoms. The van der Waals surface area contributed by atoms with Gasteiger partial charge in [0, 0.05) is 24.3 Å². The Bertz CT molecular complexity index is 1400. The number of ether oxygens (including phenoxy) is 1. The lowest BCUT2D eigenvalue weighted by Crippen LogP contribution is -2.42. The second-order valence-corrected chi connectivity index (χ2v) is 12.5. The lowest BCUT2D eigenvalue weighted by Gasteiger charge is -2.30. The van der Waals surface area contributed by atoms with E-state index >= 15 is 0 Å². The molecule has 7 nitrogen and oxygen atoms in total. The molecule has 0 radical (unpaired) electrons.